The number of nitrogens with one attached hydrogen (secondary N) is 1. The molecule has 0 saturated heterocycles. The quantitative estimate of drug-likeness (QED) is 0.642. The first kappa shape index (κ1) is 20.2. The minimum Gasteiger partial charge on any atom is -0.284 e. The van der Waals surface area contributed by atoms with E-state index in [0.29, 0.717) is 28.9 Å². The first-order valence-electron chi connectivity index (χ1n) is 8.96. The van der Waals surface area contributed by atoms with Gasteiger partial charge in [-0.2, -0.15) is 9.52 Å². The first-order valence-corrected chi connectivity index (χ1v) is 12.7. The van der Waals surface area contributed by atoms with Crippen molar-refractivity contribution in [3.05, 3.63) is 66.0 Å². The van der Waals surface area contributed by atoms with Crippen molar-refractivity contribution in [3.8, 4) is 0 Å². The Bertz CT molecular complexity index is 1350. The zero-order chi connectivity index (χ0) is 21.5. The molecule has 0 bridgehead atoms. The van der Waals surface area contributed by atoms with E-state index in [1.165, 1.54) is 0 Å². The van der Waals surface area contributed by atoms with Gasteiger partial charge in [-0.1, -0.05) is 18.2 Å². The maximum atomic E-state index is 12.4. The van der Waals surface area contributed by atoms with Crippen LogP contribution in [0.4, 0.5) is 5.69 Å². The maximum Gasteiger partial charge on any atom is 0.247 e. The van der Waals surface area contributed by atoms with Crippen molar-refractivity contribution in [3.63, 3.8) is 0 Å². The molecule has 30 heavy (non-hydrogen) atoms. The van der Waals surface area contributed by atoms with Gasteiger partial charge in [0.15, 0.2) is 0 Å². The molecule has 1 aliphatic heterocycles. The third-order valence-electron chi connectivity index (χ3n) is 4.61. The molecule has 1 aromatic heterocycles. The average Bonchev–Trinajstić information content (AvgIpc) is 3.13. The van der Waals surface area contributed by atoms with Crippen LogP contribution in [0.1, 0.15) is 23.6 Å². The summed E-state index contributed by atoms with van der Waals surface area (Å²) in [5.41, 5.74) is 3.89. The predicted molar refractivity (Wildman–Crippen MR) is 115 cm³/mol. The van der Waals surface area contributed by atoms with Crippen LogP contribution in [-0.2, 0) is 20.0 Å². The minimum absolute atomic E-state index is 0.373. The summed E-state index contributed by atoms with van der Waals surface area (Å²) < 4.78 is 51.0. The molecule has 4 rings (SSSR count). The monoisotopic (exact) mass is 445 g/mol. The van der Waals surface area contributed by atoms with Crippen LogP contribution >= 0.6 is 0 Å². The van der Waals surface area contributed by atoms with E-state index in [0.717, 1.165) is 28.0 Å². The second-order valence-electron chi connectivity index (χ2n) is 7.06. The second kappa shape index (κ2) is 7.33. The second-order valence-corrected chi connectivity index (χ2v) is 10.6. The summed E-state index contributed by atoms with van der Waals surface area (Å²) in [4.78, 5) is 8.53. The number of hydrazone groups is 1. The van der Waals surface area contributed by atoms with Crippen LogP contribution < -0.4 is 4.72 Å². The highest BCUT2D eigenvalue weighted by atomic mass is 32.2. The smallest absolute Gasteiger partial charge is 0.247 e. The summed E-state index contributed by atoms with van der Waals surface area (Å²) in [6, 6.07) is 11.6. The Balaban J connectivity index is 1.67. The highest BCUT2D eigenvalue weighted by molar-refractivity contribution is 7.92. The zero-order valence-electron chi connectivity index (χ0n) is 16.2. The lowest BCUT2D eigenvalue weighted by atomic mass is 9.98. The highest BCUT2D eigenvalue weighted by Crippen LogP contribution is 2.35. The molecule has 0 amide bonds. The molecule has 3 aromatic rings. The van der Waals surface area contributed by atoms with Crippen LogP contribution in [0.2, 0.25) is 0 Å². The number of benzene rings is 2. The van der Waals surface area contributed by atoms with Gasteiger partial charge in [0.25, 0.3) is 0 Å². The molecule has 9 nitrogen and oxygen atoms in total. The summed E-state index contributed by atoms with van der Waals surface area (Å²) in [5, 5.41) is 4.36. The summed E-state index contributed by atoms with van der Waals surface area (Å²) in [5.74, 6) is 0. The van der Waals surface area contributed by atoms with Crippen molar-refractivity contribution in [1.82, 2.24) is 14.4 Å². The standard InChI is InChI=1S/C19H19N5O4S2/c1-29(25,26)23-15-6-3-13(4-7-15)17-12-19(24(22-17)30(2,27)28)14-5-8-16-18(11-14)21-10-9-20-16/h3-11,19,23H,12H2,1-2H3/t19-/m0/s1. The summed E-state index contributed by atoms with van der Waals surface area (Å²) in [7, 11) is -6.99. The minimum atomic E-state index is -3.61. The van der Waals surface area contributed by atoms with Gasteiger partial charge in [0.2, 0.25) is 20.0 Å². The molecule has 0 aliphatic carbocycles. The number of hydrogen-bond acceptors (Lipinski definition) is 7. The van der Waals surface area contributed by atoms with E-state index >= 15 is 0 Å². The molecule has 156 valence electrons. The van der Waals surface area contributed by atoms with Crippen molar-refractivity contribution >= 4 is 42.5 Å². The van der Waals surface area contributed by atoms with Gasteiger partial charge >= 0.3 is 0 Å². The Morgan fingerprint density at radius 3 is 2.23 bits per heavy atom. The lowest BCUT2D eigenvalue weighted by Crippen LogP contribution is -2.25. The number of hydrogen-bond donors (Lipinski definition) is 1. The summed E-state index contributed by atoms with van der Waals surface area (Å²) >= 11 is 0. The van der Waals surface area contributed by atoms with Crippen LogP contribution in [-0.4, -0.2) is 49.4 Å². The van der Waals surface area contributed by atoms with Crippen molar-refractivity contribution in [2.75, 3.05) is 17.2 Å². The van der Waals surface area contributed by atoms with Gasteiger partial charge in [-0.25, -0.2) is 16.8 Å². The van der Waals surface area contributed by atoms with E-state index in [1.807, 2.05) is 18.2 Å². The molecule has 11 heteroatoms. The largest absolute Gasteiger partial charge is 0.284 e. The number of fused-ring (bicyclic) bond motifs is 1. The lowest BCUT2D eigenvalue weighted by molar-refractivity contribution is 0.375. The third kappa shape index (κ3) is 4.26. The maximum absolute atomic E-state index is 12.4. The fourth-order valence-electron chi connectivity index (χ4n) is 3.35. The highest BCUT2D eigenvalue weighted by Gasteiger charge is 2.34. The van der Waals surface area contributed by atoms with Gasteiger partial charge in [0, 0.05) is 24.5 Å². The molecular formula is C19H19N5O4S2. The van der Waals surface area contributed by atoms with E-state index in [9.17, 15) is 16.8 Å². The Labute approximate surface area is 174 Å². The van der Waals surface area contributed by atoms with Crippen LogP contribution in [0, 0.1) is 0 Å². The fourth-order valence-corrected chi connectivity index (χ4v) is 4.82. The molecule has 0 radical (unpaired) electrons. The van der Waals surface area contributed by atoms with Gasteiger partial charge in [-0.3, -0.25) is 14.7 Å². The number of rotatable bonds is 5. The molecule has 1 atom stereocenters. The van der Waals surface area contributed by atoms with E-state index in [1.54, 1.807) is 36.7 Å². The SMILES string of the molecule is CS(=O)(=O)Nc1ccc(C2=NN(S(C)(=O)=O)[C@H](c3ccc4nccnc4c3)C2)cc1. The van der Waals surface area contributed by atoms with Crippen molar-refractivity contribution in [1.29, 1.82) is 0 Å². The molecular weight excluding hydrogens is 426 g/mol. The first-order chi connectivity index (χ1) is 14.1. The number of aromatic nitrogens is 2. The number of anilines is 1. The van der Waals surface area contributed by atoms with E-state index in [-0.39, 0.29) is 0 Å². The molecule has 1 N–H and O–H groups in total. The molecule has 0 unspecified atom stereocenters. The normalized spacial score (nSPS) is 17.2. The summed E-state index contributed by atoms with van der Waals surface area (Å²) in [6.07, 6.45) is 5.75. The van der Waals surface area contributed by atoms with Crippen molar-refractivity contribution < 1.29 is 16.8 Å². The van der Waals surface area contributed by atoms with Crippen LogP contribution in [0.15, 0.2) is 60.0 Å². The van der Waals surface area contributed by atoms with Gasteiger partial charge in [-0.05, 0) is 35.4 Å². The lowest BCUT2D eigenvalue weighted by Gasteiger charge is -2.21. The van der Waals surface area contributed by atoms with Gasteiger partial charge in [0.1, 0.15) is 0 Å². The van der Waals surface area contributed by atoms with E-state index < -0.39 is 26.1 Å². The topological polar surface area (TPSA) is 122 Å². The Morgan fingerprint density at radius 1 is 0.933 bits per heavy atom. The van der Waals surface area contributed by atoms with Crippen molar-refractivity contribution in [2.45, 2.75) is 12.5 Å². The van der Waals surface area contributed by atoms with Crippen molar-refractivity contribution in [2.24, 2.45) is 5.10 Å². The molecule has 2 heterocycles. The van der Waals surface area contributed by atoms with Gasteiger partial charge < -0.3 is 0 Å². The Hall–Kier alpha value is -3.05. The van der Waals surface area contributed by atoms with Crippen LogP contribution in [0.25, 0.3) is 11.0 Å². The van der Waals surface area contributed by atoms with E-state index in [2.05, 4.69) is 19.8 Å². The van der Waals surface area contributed by atoms with E-state index in [4.69, 9.17) is 0 Å². The fraction of sp³-hybridized carbons (Fsp3) is 0.211. The summed E-state index contributed by atoms with van der Waals surface area (Å²) in [6.45, 7) is 0. The molecule has 0 saturated carbocycles. The van der Waals surface area contributed by atoms with Gasteiger partial charge in [-0.15, -0.1) is 0 Å². The number of sulfonamides is 2. The Kier molecular flexibility index (Phi) is 4.94. The molecule has 0 spiro atoms. The molecule has 1 aliphatic rings. The molecule has 0 fully saturated rings. The average molecular weight is 446 g/mol. The Morgan fingerprint density at radius 2 is 1.60 bits per heavy atom. The third-order valence-corrected chi connectivity index (χ3v) is 6.23. The van der Waals surface area contributed by atoms with Gasteiger partial charge in [0.05, 0.1) is 35.3 Å². The van der Waals surface area contributed by atoms with Crippen LogP contribution in [0.3, 0.4) is 0 Å². The number of nitrogens with zero attached hydrogens (tertiary/aromatic N) is 4. The molecule has 2 aromatic carbocycles. The zero-order valence-corrected chi connectivity index (χ0v) is 17.9. The van der Waals surface area contributed by atoms with Crippen LogP contribution in [0.5, 0.6) is 0 Å². The predicted octanol–water partition coefficient (Wildman–Crippen LogP) is 2.11.